The van der Waals surface area contributed by atoms with Crippen molar-refractivity contribution in [2.45, 2.75) is 11.1 Å². The standard InChI is InChI=1S/C14H9ClF3NO4S/c15-12-5-4-10(7-11(12)13(20)21)24(22,23)19-9-3-1-2-8(6-9)14(16,17)18/h1-7,19H,(H,20,21). The maximum atomic E-state index is 12.7. The highest BCUT2D eigenvalue weighted by Gasteiger charge is 2.30. The molecule has 128 valence electrons. The smallest absolute Gasteiger partial charge is 0.416 e. The van der Waals surface area contributed by atoms with Crippen LogP contribution < -0.4 is 4.72 Å². The zero-order valence-electron chi connectivity index (χ0n) is 11.6. The van der Waals surface area contributed by atoms with Crippen LogP contribution in [0.5, 0.6) is 0 Å². The fraction of sp³-hybridized carbons (Fsp3) is 0.0714. The van der Waals surface area contributed by atoms with E-state index in [4.69, 9.17) is 16.7 Å². The van der Waals surface area contributed by atoms with Crippen molar-refractivity contribution in [1.29, 1.82) is 0 Å². The molecule has 5 nitrogen and oxygen atoms in total. The Labute approximate surface area is 139 Å². The molecule has 0 radical (unpaired) electrons. The molecule has 0 amide bonds. The predicted molar refractivity (Wildman–Crippen MR) is 80.7 cm³/mol. The number of aromatic carboxylic acids is 1. The number of anilines is 1. The molecule has 0 fully saturated rings. The Bertz CT molecular complexity index is 897. The lowest BCUT2D eigenvalue weighted by molar-refractivity contribution is -0.137. The van der Waals surface area contributed by atoms with Crippen LogP contribution in [0.15, 0.2) is 47.4 Å². The lowest BCUT2D eigenvalue weighted by Gasteiger charge is -2.12. The molecule has 0 aromatic heterocycles. The van der Waals surface area contributed by atoms with Crippen molar-refractivity contribution in [2.75, 3.05) is 4.72 Å². The number of rotatable bonds is 4. The number of hydrogen-bond acceptors (Lipinski definition) is 3. The van der Waals surface area contributed by atoms with Gasteiger partial charge in [0.05, 0.1) is 21.0 Å². The minimum Gasteiger partial charge on any atom is -0.478 e. The number of sulfonamides is 1. The van der Waals surface area contributed by atoms with Crippen LogP contribution in [-0.2, 0) is 16.2 Å². The van der Waals surface area contributed by atoms with Crippen LogP contribution in [0, 0.1) is 0 Å². The molecule has 0 spiro atoms. The van der Waals surface area contributed by atoms with Gasteiger partial charge in [-0.15, -0.1) is 0 Å². The van der Waals surface area contributed by atoms with Crippen molar-refractivity contribution < 1.29 is 31.5 Å². The van der Waals surface area contributed by atoms with Gasteiger partial charge >= 0.3 is 12.1 Å². The summed E-state index contributed by atoms with van der Waals surface area (Å²) >= 11 is 5.65. The number of hydrogen-bond donors (Lipinski definition) is 2. The molecule has 24 heavy (non-hydrogen) atoms. The van der Waals surface area contributed by atoms with Crippen molar-refractivity contribution in [2.24, 2.45) is 0 Å². The third-order valence-electron chi connectivity index (χ3n) is 2.92. The van der Waals surface area contributed by atoms with Crippen molar-refractivity contribution in [1.82, 2.24) is 0 Å². The quantitative estimate of drug-likeness (QED) is 0.845. The van der Waals surface area contributed by atoms with Gasteiger partial charge in [0.1, 0.15) is 0 Å². The zero-order chi connectivity index (χ0) is 18.1. The molecule has 0 unspecified atom stereocenters. The third kappa shape index (κ3) is 3.98. The van der Waals surface area contributed by atoms with Gasteiger partial charge in [-0.3, -0.25) is 4.72 Å². The minimum atomic E-state index is -4.63. The van der Waals surface area contributed by atoms with Crippen LogP contribution in [0.4, 0.5) is 18.9 Å². The van der Waals surface area contributed by atoms with E-state index in [0.717, 1.165) is 36.4 Å². The number of benzene rings is 2. The average Bonchev–Trinajstić information content (AvgIpc) is 2.46. The summed E-state index contributed by atoms with van der Waals surface area (Å²) in [5.41, 5.74) is -1.77. The second-order valence-corrected chi connectivity index (χ2v) is 6.72. The summed E-state index contributed by atoms with van der Waals surface area (Å²) in [5, 5.41) is 8.78. The van der Waals surface area contributed by atoms with E-state index >= 15 is 0 Å². The van der Waals surface area contributed by atoms with Crippen LogP contribution in [0.3, 0.4) is 0 Å². The molecule has 0 heterocycles. The van der Waals surface area contributed by atoms with Crippen LogP contribution in [-0.4, -0.2) is 19.5 Å². The molecule has 0 atom stereocenters. The first-order chi connectivity index (χ1) is 11.0. The van der Waals surface area contributed by atoms with Crippen LogP contribution in [0.2, 0.25) is 5.02 Å². The van der Waals surface area contributed by atoms with Gasteiger partial charge in [0.25, 0.3) is 10.0 Å². The highest BCUT2D eigenvalue weighted by Crippen LogP contribution is 2.31. The molecule has 0 bridgehead atoms. The van der Waals surface area contributed by atoms with E-state index < -0.39 is 38.2 Å². The van der Waals surface area contributed by atoms with E-state index in [1.807, 2.05) is 4.72 Å². The van der Waals surface area contributed by atoms with E-state index in [-0.39, 0.29) is 10.7 Å². The molecule has 0 aliphatic carbocycles. The third-order valence-corrected chi connectivity index (χ3v) is 4.63. The lowest BCUT2D eigenvalue weighted by atomic mass is 10.2. The summed E-state index contributed by atoms with van der Waals surface area (Å²) in [4.78, 5) is 10.5. The Morgan fingerprint density at radius 1 is 1.12 bits per heavy atom. The van der Waals surface area contributed by atoms with Crippen LogP contribution >= 0.6 is 11.6 Å². The molecule has 0 aliphatic heterocycles. The van der Waals surface area contributed by atoms with Gasteiger partial charge in [-0.05, 0) is 36.4 Å². The fourth-order valence-corrected chi connectivity index (χ4v) is 3.08. The van der Waals surface area contributed by atoms with Gasteiger partial charge in [0.15, 0.2) is 0 Å². The second-order valence-electron chi connectivity index (χ2n) is 4.63. The molecule has 2 aromatic rings. The average molecular weight is 380 g/mol. The Kier molecular flexibility index (Phi) is 4.77. The summed E-state index contributed by atoms with van der Waals surface area (Å²) in [7, 11) is -4.29. The highest BCUT2D eigenvalue weighted by atomic mass is 35.5. The fourth-order valence-electron chi connectivity index (χ4n) is 1.81. The van der Waals surface area contributed by atoms with Crippen molar-refractivity contribution in [3.05, 3.63) is 58.6 Å². The molecule has 2 rings (SSSR count). The molecule has 2 N–H and O–H groups in total. The Morgan fingerprint density at radius 2 is 1.79 bits per heavy atom. The highest BCUT2D eigenvalue weighted by molar-refractivity contribution is 7.92. The summed E-state index contributed by atoms with van der Waals surface area (Å²) in [6.45, 7) is 0. The topological polar surface area (TPSA) is 83.5 Å². The van der Waals surface area contributed by atoms with Gasteiger partial charge in [0, 0.05) is 5.69 Å². The lowest BCUT2D eigenvalue weighted by Crippen LogP contribution is -2.15. The first kappa shape index (κ1) is 18.1. The van der Waals surface area contributed by atoms with E-state index in [2.05, 4.69) is 0 Å². The summed E-state index contributed by atoms with van der Waals surface area (Å²) in [6, 6.07) is 6.55. The van der Waals surface area contributed by atoms with Gasteiger partial charge in [-0.2, -0.15) is 13.2 Å². The van der Waals surface area contributed by atoms with E-state index in [9.17, 15) is 26.4 Å². The van der Waals surface area contributed by atoms with Gasteiger partial charge in [-0.1, -0.05) is 17.7 Å². The first-order valence-electron chi connectivity index (χ1n) is 6.23. The monoisotopic (exact) mass is 379 g/mol. The van der Waals surface area contributed by atoms with Crippen molar-refractivity contribution in [3.63, 3.8) is 0 Å². The van der Waals surface area contributed by atoms with E-state index in [0.29, 0.717) is 6.07 Å². The predicted octanol–water partition coefficient (Wildman–Crippen LogP) is 3.86. The van der Waals surface area contributed by atoms with Gasteiger partial charge < -0.3 is 5.11 Å². The van der Waals surface area contributed by atoms with Gasteiger partial charge in [-0.25, -0.2) is 13.2 Å². The first-order valence-corrected chi connectivity index (χ1v) is 8.10. The summed E-state index contributed by atoms with van der Waals surface area (Å²) in [6.07, 6.45) is -4.63. The van der Waals surface area contributed by atoms with Gasteiger partial charge in [0.2, 0.25) is 0 Å². The van der Waals surface area contributed by atoms with E-state index in [1.54, 1.807) is 0 Å². The Balaban J connectivity index is 2.39. The Morgan fingerprint density at radius 3 is 2.38 bits per heavy atom. The maximum absolute atomic E-state index is 12.7. The maximum Gasteiger partial charge on any atom is 0.416 e. The number of alkyl halides is 3. The molecular formula is C14H9ClF3NO4S. The van der Waals surface area contributed by atoms with Crippen molar-refractivity contribution >= 4 is 33.3 Å². The molecule has 2 aromatic carbocycles. The molecule has 10 heteroatoms. The number of carboxylic acid groups (broad SMARTS) is 1. The number of carbonyl (C=O) groups is 1. The molecule has 0 aliphatic rings. The number of nitrogens with one attached hydrogen (secondary N) is 1. The number of carboxylic acids is 1. The van der Waals surface area contributed by atoms with Crippen molar-refractivity contribution in [3.8, 4) is 0 Å². The normalized spacial score (nSPS) is 12.0. The van der Waals surface area contributed by atoms with Crippen LogP contribution in [0.25, 0.3) is 0 Å². The second kappa shape index (κ2) is 6.33. The zero-order valence-corrected chi connectivity index (χ0v) is 13.2. The largest absolute Gasteiger partial charge is 0.478 e. The Hall–Kier alpha value is -2.26. The SMILES string of the molecule is O=C(O)c1cc(S(=O)(=O)Nc2cccc(C(F)(F)F)c2)ccc1Cl. The summed E-state index contributed by atoms with van der Waals surface area (Å²) < 4.78 is 64.4. The van der Waals surface area contributed by atoms with E-state index in [1.165, 1.54) is 0 Å². The van der Waals surface area contributed by atoms with Crippen LogP contribution in [0.1, 0.15) is 15.9 Å². The molecule has 0 saturated heterocycles. The number of halogens is 4. The summed E-state index contributed by atoms with van der Waals surface area (Å²) in [5.74, 6) is -1.43. The molecule has 0 saturated carbocycles. The minimum absolute atomic E-state index is 0.166. The molecular weight excluding hydrogens is 371 g/mol.